The highest BCUT2D eigenvalue weighted by molar-refractivity contribution is 5.97. The molecule has 0 saturated heterocycles. The van der Waals surface area contributed by atoms with Gasteiger partial charge in [0.15, 0.2) is 0 Å². The molecule has 0 radical (unpaired) electrons. The number of halogens is 1. The highest BCUT2D eigenvalue weighted by Crippen LogP contribution is 2.19. The van der Waals surface area contributed by atoms with E-state index in [0.29, 0.717) is 11.4 Å². The van der Waals surface area contributed by atoms with Gasteiger partial charge in [0.2, 0.25) is 5.97 Å². The lowest BCUT2D eigenvalue weighted by Gasteiger charge is -2.05. The van der Waals surface area contributed by atoms with Crippen LogP contribution >= 0.6 is 0 Å². The van der Waals surface area contributed by atoms with Crippen molar-refractivity contribution >= 4 is 17.3 Å². The zero-order valence-corrected chi connectivity index (χ0v) is 6.69. The molecule has 0 aliphatic rings. The maximum absolute atomic E-state index is 12.5. The van der Waals surface area contributed by atoms with Crippen LogP contribution in [0.25, 0.3) is 0 Å². The second-order valence-corrected chi connectivity index (χ2v) is 2.37. The molecule has 0 heterocycles. The molecule has 0 fully saturated rings. The Morgan fingerprint density at radius 3 is 2.75 bits per heavy atom. The maximum atomic E-state index is 12.5. The summed E-state index contributed by atoms with van der Waals surface area (Å²) < 4.78 is 12.5. The van der Waals surface area contributed by atoms with Crippen molar-refractivity contribution in [2.45, 2.75) is 0 Å². The van der Waals surface area contributed by atoms with Gasteiger partial charge in [-0.3, -0.25) is 5.41 Å². The molecule has 0 saturated carbocycles. The molecule has 3 nitrogen and oxygen atoms in total. The lowest BCUT2D eigenvalue weighted by molar-refractivity contribution is 0.798. The number of nitrogens with one attached hydrogen (secondary N) is 2. The van der Waals surface area contributed by atoms with Gasteiger partial charge in [-0.15, -0.1) is 0 Å². The van der Waals surface area contributed by atoms with Gasteiger partial charge in [0, 0.05) is 18.4 Å². The third-order valence-electron chi connectivity index (χ3n) is 1.55. The molecule has 0 aliphatic heterocycles. The van der Waals surface area contributed by atoms with Crippen LogP contribution in [0, 0.1) is 5.41 Å². The van der Waals surface area contributed by atoms with E-state index in [1.54, 1.807) is 19.2 Å². The van der Waals surface area contributed by atoms with Crippen LogP contribution in [0.2, 0.25) is 0 Å². The molecule has 0 aromatic heterocycles. The molecule has 0 unspecified atom stereocenters. The van der Waals surface area contributed by atoms with Crippen molar-refractivity contribution in [3.05, 3.63) is 23.8 Å². The Labute approximate surface area is 69.9 Å². The predicted octanol–water partition coefficient (Wildman–Crippen LogP) is 1.61. The number of benzene rings is 1. The standard InChI is InChI=1S/C8H10FN3/c1-12-7-4-5(10)2-3-6(7)8(9)11/h2-4,11-12H,10H2,1H3. The van der Waals surface area contributed by atoms with Gasteiger partial charge in [0.1, 0.15) is 0 Å². The highest BCUT2D eigenvalue weighted by Gasteiger charge is 2.05. The van der Waals surface area contributed by atoms with Gasteiger partial charge in [-0.2, -0.15) is 4.39 Å². The van der Waals surface area contributed by atoms with Crippen LogP contribution in [0.15, 0.2) is 18.2 Å². The monoisotopic (exact) mass is 167 g/mol. The first-order valence-electron chi connectivity index (χ1n) is 3.47. The molecule has 4 N–H and O–H groups in total. The summed E-state index contributed by atoms with van der Waals surface area (Å²) in [5.41, 5.74) is 6.77. The van der Waals surface area contributed by atoms with E-state index in [2.05, 4.69) is 5.32 Å². The average Bonchev–Trinajstić information content (AvgIpc) is 2.03. The Bertz CT molecular complexity index is 309. The second kappa shape index (κ2) is 3.21. The number of anilines is 2. The summed E-state index contributed by atoms with van der Waals surface area (Å²) in [4.78, 5) is 0. The third kappa shape index (κ3) is 1.53. The van der Waals surface area contributed by atoms with Crippen LogP contribution in [0.1, 0.15) is 5.56 Å². The van der Waals surface area contributed by atoms with Gasteiger partial charge < -0.3 is 11.1 Å². The first-order chi connectivity index (χ1) is 5.65. The lowest BCUT2D eigenvalue weighted by atomic mass is 10.1. The number of nitrogens with two attached hydrogens (primary N) is 1. The quantitative estimate of drug-likeness (QED) is 0.463. The fourth-order valence-electron chi connectivity index (χ4n) is 0.960. The molecule has 1 rings (SSSR count). The van der Waals surface area contributed by atoms with Crippen LogP contribution in [0.4, 0.5) is 15.8 Å². The molecule has 1 aromatic carbocycles. The maximum Gasteiger partial charge on any atom is 0.214 e. The van der Waals surface area contributed by atoms with Gasteiger partial charge >= 0.3 is 0 Å². The van der Waals surface area contributed by atoms with Gasteiger partial charge in [0.25, 0.3) is 0 Å². The summed E-state index contributed by atoms with van der Waals surface area (Å²) in [5.74, 6) is -0.959. The first-order valence-corrected chi connectivity index (χ1v) is 3.47. The zero-order valence-electron chi connectivity index (χ0n) is 6.69. The van der Waals surface area contributed by atoms with Crippen LogP contribution in [0.3, 0.4) is 0 Å². The number of nitrogen functional groups attached to an aromatic ring is 1. The fourth-order valence-corrected chi connectivity index (χ4v) is 0.960. The van der Waals surface area contributed by atoms with Crippen molar-refractivity contribution in [1.29, 1.82) is 5.41 Å². The molecule has 0 bridgehead atoms. The van der Waals surface area contributed by atoms with Crippen molar-refractivity contribution in [2.24, 2.45) is 0 Å². The third-order valence-corrected chi connectivity index (χ3v) is 1.55. The van der Waals surface area contributed by atoms with Crippen molar-refractivity contribution in [3.8, 4) is 0 Å². The minimum atomic E-state index is -0.959. The van der Waals surface area contributed by atoms with Crippen LogP contribution in [-0.4, -0.2) is 13.0 Å². The summed E-state index contributed by atoms with van der Waals surface area (Å²) in [6.45, 7) is 0. The van der Waals surface area contributed by atoms with E-state index < -0.39 is 5.97 Å². The Morgan fingerprint density at radius 2 is 2.25 bits per heavy atom. The van der Waals surface area contributed by atoms with E-state index >= 15 is 0 Å². The Balaban J connectivity index is 3.20. The summed E-state index contributed by atoms with van der Waals surface area (Å²) in [6, 6.07) is 4.62. The summed E-state index contributed by atoms with van der Waals surface area (Å²) in [5, 5.41) is 9.56. The molecular weight excluding hydrogens is 157 g/mol. The molecule has 1 aromatic rings. The van der Waals surface area contributed by atoms with Crippen molar-refractivity contribution in [2.75, 3.05) is 18.1 Å². The Hall–Kier alpha value is -1.58. The van der Waals surface area contributed by atoms with E-state index in [1.165, 1.54) is 6.07 Å². The molecule has 12 heavy (non-hydrogen) atoms. The number of hydrogen-bond donors (Lipinski definition) is 3. The summed E-state index contributed by atoms with van der Waals surface area (Å²) >= 11 is 0. The molecule has 4 heteroatoms. The topological polar surface area (TPSA) is 61.9 Å². The van der Waals surface area contributed by atoms with Crippen LogP contribution < -0.4 is 11.1 Å². The predicted molar refractivity (Wildman–Crippen MR) is 48.3 cm³/mol. The van der Waals surface area contributed by atoms with E-state index in [0.717, 1.165) is 0 Å². The molecular formula is C8H10FN3. The van der Waals surface area contributed by atoms with Crippen molar-refractivity contribution < 1.29 is 4.39 Å². The molecule has 0 aliphatic carbocycles. The van der Waals surface area contributed by atoms with Gasteiger partial charge in [0.05, 0.1) is 5.56 Å². The van der Waals surface area contributed by atoms with E-state index in [-0.39, 0.29) is 5.56 Å². The first kappa shape index (κ1) is 8.52. The van der Waals surface area contributed by atoms with Gasteiger partial charge in [-0.1, -0.05) is 0 Å². The number of rotatable bonds is 2. The van der Waals surface area contributed by atoms with Gasteiger partial charge in [-0.05, 0) is 18.2 Å². The highest BCUT2D eigenvalue weighted by atomic mass is 19.1. The minimum Gasteiger partial charge on any atom is -0.399 e. The smallest absolute Gasteiger partial charge is 0.214 e. The Morgan fingerprint density at radius 1 is 1.58 bits per heavy atom. The molecule has 0 spiro atoms. The van der Waals surface area contributed by atoms with Crippen LogP contribution in [-0.2, 0) is 0 Å². The van der Waals surface area contributed by atoms with E-state index in [4.69, 9.17) is 11.1 Å². The molecule has 0 atom stereocenters. The minimum absolute atomic E-state index is 0.228. The van der Waals surface area contributed by atoms with Gasteiger partial charge in [-0.25, -0.2) is 0 Å². The molecule has 0 amide bonds. The summed E-state index contributed by atoms with van der Waals surface area (Å²) in [7, 11) is 1.65. The summed E-state index contributed by atoms with van der Waals surface area (Å²) in [6.07, 6.45) is 0. The van der Waals surface area contributed by atoms with Crippen molar-refractivity contribution in [3.63, 3.8) is 0 Å². The second-order valence-electron chi connectivity index (χ2n) is 2.37. The molecule has 64 valence electrons. The van der Waals surface area contributed by atoms with Crippen LogP contribution in [0.5, 0.6) is 0 Å². The lowest BCUT2D eigenvalue weighted by Crippen LogP contribution is -2.00. The van der Waals surface area contributed by atoms with E-state index in [1.807, 2.05) is 0 Å². The van der Waals surface area contributed by atoms with Crippen molar-refractivity contribution in [1.82, 2.24) is 0 Å². The Kier molecular flexibility index (Phi) is 2.28. The zero-order chi connectivity index (χ0) is 9.14. The SMILES string of the molecule is CNc1cc(N)ccc1C(=N)F. The largest absolute Gasteiger partial charge is 0.399 e. The normalized spacial score (nSPS) is 9.50. The fraction of sp³-hybridized carbons (Fsp3) is 0.125. The van der Waals surface area contributed by atoms with E-state index in [9.17, 15) is 4.39 Å². The average molecular weight is 167 g/mol. The number of hydrogen-bond acceptors (Lipinski definition) is 3.